The quantitative estimate of drug-likeness (QED) is 0.758. The Kier molecular flexibility index (Phi) is 3.82. The number of rotatable bonds is 3. The van der Waals surface area contributed by atoms with Gasteiger partial charge in [0, 0.05) is 18.2 Å². The summed E-state index contributed by atoms with van der Waals surface area (Å²) in [6.07, 6.45) is 3.43. The van der Waals surface area contributed by atoms with Crippen molar-refractivity contribution in [3.8, 4) is 5.75 Å². The van der Waals surface area contributed by atoms with Gasteiger partial charge in [0.25, 0.3) is 0 Å². The minimum absolute atomic E-state index is 0.206. The molecular weight excluding hydrogens is 291 g/mol. The Morgan fingerprint density at radius 2 is 2.19 bits per heavy atom. The predicted molar refractivity (Wildman–Crippen MR) is 82.6 cm³/mol. The molecule has 1 aromatic carbocycles. The molecule has 0 aliphatic heterocycles. The lowest BCUT2D eigenvalue weighted by molar-refractivity contribution is 0.387. The number of benzene rings is 1. The molecule has 21 heavy (non-hydrogen) atoms. The van der Waals surface area contributed by atoms with Crippen LogP contribution >= 0.6 is 11.6 Å². The van der Waals surface area contributed by atoms with E-state index in [0.717, 1.165) is 24.2 Å². The number of alkyl halides is 1. The first-order valence-corrected chi connectivity index (χ1v) is 7.84. The fraction of sp³-hybridized carbons (Fsp3) is 0.562. The Labute approximate surface area is 129 Å². The van der Waals surface area contributed by atoms with E-state index in [4.69, 9.17) is 16.3 Å². The minimum Gasteiger partial charge on any atom is -0.494 e. The highest BCUT2D eigenvalue weighted by atomic mass is 35.5. The number of methoxy groups -OCH3 is 1. The molecule has 3 rings (SSSR count). The molecule has 1 aliphatic carbocycles. The number of aromatic nitrogens is 2. The predicted octanol–water partition coefficient (Wildman–Crippen LogP) is 4.84. The summed E-state index contributed by atoms with van der Waals surface area (Å²) >= 11 is 6.30. The summed E-state index contributed by atoms with van der Waals surface area (Å²) < 4.78 is 21.2. The van der Waals surface area contributed by atoms with Gasteiger partial charge in [-0.1, -0.05) is 6.92 Å². The van der Waals surface area contributed by atoms with Crippen LogP contribution in [0.1, 0.15) is 50.4 Å². The van der Waals surface area contributed by atoms with Crippen molar-refractivity contribution in [1.82, 2.24) is 9.55 Å². The number of imidazole rings is 1. The summed E-state index contributed by atoms with van der Waals surface area (Å²) in [5, 5.41) is -0.206. The molecule has 0 spiro atoms. The van der Waals surface area contributed by atoms with Gasteiger partial charge in [0.1, 0.15) is 5.82 Å². The van der Waals surface area contributed by atoms with E-state index < -0.39 is 0 Å². The molecule has 3 atom stereocenters. The molecule has 0 bridgehead atoms. The molecule has 0 saturated heterocycles. The molecule has 2 aromatic rings. The van der Waals surface area contributed by atoms with Gasteiger partial charge in [-0.05, 0) is 32.1 Å². The van der Waals surface area contributed by atoms with Crippen molar-refractivity contribution in [2.75, 3.05) is 7.11 Å². The lowest BCUT2D eigenvalue weighted by Crippen LogP contribution is -2.10. The van der Waals surface area contributed by atoms with E-state index >= 15 is 0 Å². The number of ether oxygens (including phenoxy) is 1. The fourth-order valence-corrected chi connectivity index (χ4v) is 3.50. The second kappa shape index (κ2) is 5.48. The molecular formula is C16H20ClFN2O. The van der Waals surface area contributed by atoms with Crippen LogP contribution in [0.5, 0.6) is 5.75 Å². The Bertz CT molecular complexity index is 668. The van der Waals surface area contributed by atoms with Crippen molar-refractivity contribution in [2.45, 2.75) is 44.5 Å². The molecule has 0 amide bonds. The molecule has 5 heteroatoms. The monoisotopic (exact) mass is 310 g/mol. The van der Waals surface area contributed by atoms with Crippen molar-refractivity contribution in [3.05, 3.63) is 23.8 Å². The summed E-state index contributed by atoms with van der Waals surface area (Å²) in [6.45, 7) is 4.18. The van der Waals surface area contributed by atoms with Crippen LogP contribution < -0.4 is 4.74 Å². The van der Waals surface area contributed by atoms with E-state index in [0.29, 0.717) is 17.5 Å². The molecule has 1 saturated carbocycles. The zero-order chi connectivity index (χ0) is 15.1. The highest BCUT2D eigenvalue weighted by Gasteiger charge is 2.28. The molecule has 3 nitrogen and oxygen atoms in total. The van der Waals surface area contributed by atoms with Gasteiger partial charge in [0.05, 0.1) is 23.5 Å². The summed E-state index contributed by atoms with van der Waals surface area (Å²) in [7, 11) is 1.48. The van der Waals surface area contributed by atoms with E-state index in [1.807, 2.05) is 6.92 Å². The third-order valence-corrected chi connectivity index (χ3v) is 4.57. The molecule has 1 fully saturated rings. The van der Waals surface area contributed by atoms with E-state index in [-0.39, 0.29) is 16.9 Å². The summed E-state index contributed by atoms with van der Waals surface area (Å²) in [5.41, 5.74) is 1.56. The zero-order valence-corrected chi connectivity index (χ0v) is 13.3. The largest absolute Gasteiger partial charge is 0.494 e. The number of hydrogen-bond acceptors (Lipinski definition) is 2. The van der Waals surface area contributed by atoms with E-state index in [1.165, 1.54) is 19.6 Å². The van der Waals surface area contributed by atoms with Crippen LogP contribution in [-0.2, 0) is 0 Å². The molecule has 0 radical (unpaired) electrons. The molecule has 1 aromatic heterocycles. The first kappa shape index (κ1) is 14.6. The van der Waals surface area contributed by atoms with Crippen molar-refractivity contribution in [2.24, 2.45) is 5.92 Å². The molecule has 0 N–H and O–H groups in total. The van der Waals surface area contributed by atoms with Gasteiger partial charge in [-0.3, -0.25) is 0 Å². The van der Waals surface area contributed by atoms with Crippen molar-refractivity contribution >= 4 is 22.6 Å². The maximum absolute atomic E-state index is 13.9. The molecule has 3 unspecified atom stereocenters. The van der Waals surface area contributed by atoms with Gasteiger partial charge >= 0.3 is 0 Å². The van der Waals surface area contributed by atoms with Crippen molar-refractivity contribution in [1.29, 1.82) is 0 Å². The average Bonchev–Trinajstić information content (AvgIpc) is 3.00. The minimum atomic E-state index is -0.386. The van der Waals surface area contributed by atoms with Crippen LogP contribution in [0.4, 0.5) is 4.39 Å². The number of fused-ring (bicyclic) bond motifs is 1. The first-order chi connectivity index (χ1) is 10.0. The van der Waals surface area contributed by atoms with E-state index in [9.17, 15) is 4.39 Å². The van der Waals surface area contributed by atoms with Crippen LogP contribution in [0.25, 0.3) is 11.0 Å². The van der Waals surface area contributed by atoms with Gasteiger partial charge < -0.3 is 9.30 Å². The SMILES string of the molecule is COc1cc2c(cc1F)nc(C(C)Cl)n2C1CCC(C)C1. The Balaban J connectivity index is 2.20. The van der Waals surface area contributed by atoms with Crippen LogP contribution in [0.15, 0.2) is 12.1 Å². The Morgan fingerprint density at radius 1 is 1.43 bits per heavy atom. The topological polar surface area (TPSA) is 27.1 Å². The summed E-state index contributed by atoms with van der Waals surface area (Å²) in [5.74, 6) is 1.39. The second-order valence-corrected chi connectivity index (χ2v) is 6.66. The van der Waals surface area contributed by atoms with E-state index in [1.54, 1.807) is 6.07 Å². The van der Waals surface area contributed by atoms with Crippen LogP contribution in [0.3, 0.4) is 0 Å². The second-order valence-electron chi connectivity index (χ2n) is 6.00. The van der Waals surface area contributed by atoms with Gasteiger partial charge in [-0.25, -0.2) is 9.37 Å². The van der Waals surface area contributed by atoms with Crippen LogP contribution in [0, 0.1) is 11.7 Å². The number of nitrogens with zero attached hydrogens (tertiary/aromatic N) is 2. The number of halogens is 2. The number of hydrogen-bond donors (Lipinski definition) is 0. The highest BCUT2D eigenvalue weighted by Crippen LogP contribution is 2.40. The average molecular weight is 311 g/mol. The maximum atomic E-state index is 13.9. The van der Waals surface area contributed by atoms with Crippen molar-refractivity contribution in [3.63, 3.8) is 0 Å². The van der Waals surface area contributed by atoms with Gasteiger partial charge in [-0.15, -0.1) is 11.6 Å². The van der Waals surface area contributed by atoms with Crippen LogP contribution in [-0.4, -0.2) is 16.7 Å². The first-order valence-electron chi connectivity index (χ1n) is 7.40. The maximum Gasteiger partial charge on any atom is 0.167 e. The third-order valence-electron chi connectivity index (χ3n) is 4.38. The smallest absolute Gasteiger partial charge is 0.167 e. The molecule has 1 aliphatic rings. The lowest BCUT2D eigenvalue weighted by atomic mass is 10.1. The normalized spacial score (nSPS) is 23.7. The summed E-state index contributed by atoms with van der Waals surface area (Å²) in [6, 6.07) is 3.56. The van der Waals surface area contributed by atoms with Gasteiger partial charge in [0.15, 0.2) is 11.6 Å². The van der Waals surface area contributed by atoms with E-state index in [2.05, 4.69) is 16.5 Å². The molecule has 114 valence electrons. The Hall–Kier alpha value is -1.29. The van der Waals surface area contributed by atoms with Gasteiger partial charge in [0.2, 0.25) is 0 Å². The molecule has 1 heterocycles. The van der Waals surface area contributed by atoms with Crippen molar-refractivity contribution < 1.29 is 9.13 Å². The summed E-state index contributed by atoms with van der Waals surface area (Å²) in [4.78, 5) is 4.55. The Morgan fingerprint density at radius 3 is 2.76 bits per heavy atom. The standard InChI is InChI=1S/C16H20ClFN2O/c1-9-4-5-11(6-9)20-14-8-15(21-3)12(18)7-13(14)19-16(20)10(2)17/h7-11H,4-6H2,1-3H3. The highest BCUT2D eigenvalue weighted by molar-refractivity contribution is 6.20. The third kappa shape index (κ3) is 2.50. The zero-order valence-electron chi connectivity index (χ0n) is 12.6. The lowest BCUT2D eigenvalue weighted by Gasteiger charge is -2.18. The van der Waals surface area contributed by atoms with Gasteiger partial charge in [-0.2, -0.15) is 0 Å². The van der Waals surface area contributed by atoms with Crippen LogP contribution in [0.2, 0.25) is 0 Å². The fourth-order valence-electron chi connectivity index (χ4n) is 3.35.